The quantitative estimate of drug-likeness (QED) is 0.538. The maximum absolute atomic E-state index is 13.1. The fraction of sp³-hybridized carbons (Fsp3) is 0.966. The SMILES string of the molecule is CC[C@H]1OC(=O)[C@H](C)C[C@H](C)[C@H](O[C@@H]2O[C@H](C)C[C@H](N(C)C)[C@H]2O)[C@H](C)C[C@@H](C)CN[C@H](C)C[C@@H]1C. The standard InChI is InChI=1S/C29H56N2O5/c1-11-25-18(3)14-22(7)30-16-17(2)12-19(4)27(20(5)13-21(6)28(33)35-25)36-29-26(32)24(31(9)10)15-23(8)34-29/h17-27,29-30,32H,11-16H2,1-10H3/t17-,18+,19-,20+,21-,22-,23-,24+,25-,26-,27-,29+/m1/s1. The number of carbonyl (C=O) groups is 1. The molecule has 2 heterocycles. The van der Waals surface area contributed by atoms with Crippen LogP contribution >= 0.6 is 0 Å². The maximum Gasteiger partial charge on any atom is 0.308 e. The molecule has 0 bridgehead atoms. The summed E-state index contributed by atoms with van der Waals surface area (Å²) < 4.78 is 18.8. The summed E-state index contributed by atoms with van der Waals surface area (Å²) in [5.74, 6) is 0.792. The van der Waals surface area contributed by atoms with E-state index in [-0.39, 0.29) is 48.1 Å². The molecule has 12 atom stereocenters. The van der Waals surface area contributed by atoms with E-state index in [1.54, 1.807) is 0 Å². The Bertz CT molecular complexity index is 662. The predicted molar refractivity (Wildman–Crippen MR) is 145 cm³/mol. The number of aliphatic hydroxyl groups excluding tert-OH is 1. The highest BCUT2D eigenvalue weighted by molar-refractivity contribution is 5.72. The number of aliphatic hydroxyl groups is 1. The van der Waals surface area contributed by atoms with Crippen molar-refractivity contribution in [3.63, 3.8) is 0 Å². The number of esters is 1. The Morgan fingerprint density at radius 3 is 2.22 bits per heavy atom. The van der Waals surface area contributed by atoms with Crippen LogP contribution < -0.4 is 5.32 Å². The van der Waals surface area contributed by atoms with Crippen LogP contribution in [0.25, 0.3) is 0 Å². The van der Waals surface area contributed by atoms with Gasteiger partial charge in [-0.1, -0.05) is 41.5 Å². The molecule has 0 amide bonds. The average Bonchev–Trinajstić information content (AvgIpc) is 2.80. The predicted octanol–water partition coefficient (Wildman–Crippen LogP) is 4.46. The molecule has 2 saturated heterocycles. The zero-order valence-corrected chi connectivity index (χ0v) is 24.7. The average molecular weight is 513 g/mol. The molecule has 0 aromatic rings. The third-order valence-corrected chi connectivity index (χ3v) is 8.44. The van der Waals surface area contributed by atoms with Gasteiger partial charge in [-0.3, -0.25) is 4.79 Å². The van der Waals surface area contributed by atoms with Gasteiger partial charge >= 0.3 is 5.97 Å². The van der Waals surface area contributed by atoms with Gasteiger partial charge in [-0.05, 0) is 90.3 Å². The highest BCUT2D eigenvalue weighted by atomic mass is 16.7. The van der Waals surface area contributed by atoms with Gasteiger partial charge in [0.1, 0.15) is 12.2 Å². The van der Waals surface area contributed by atoms with Crippen molar-refractivity contribution >= 4 is 5.97 Å². The van der Waals surface area contributed by atoms with Crippen molar-refractivity contribution in [2.75, 3.05) is 20.6 Å². The Morgan fingerprint density at radius 1 is 0.972 bits per heavy atom. The van der Waals surface area contributed by atoms with Crippen LogP contribution in [-0.2, 0) is 19.0 Å². The smallest absolute Gasteiger partial charge is 0.308 e. The zero-order chi connectivity index (χ0) is 27.2. The largest absolute Gasteiger partial charge is 0.462 e. The van der Waals surface area contributed by atoms with Crippen molar-refractivity contribution in [1.82, 2.24) is 10.2 Å². The van der Waals surface area contributed by atoms with Gasteiger partial charge < -0.3 is 29.5 Å². The maximum atomic E-state index is 13.1. The molecule has 0 spiro atoms. The molecule has 7 heteroatoms. The molecule has 2 aliphatic rings. The lowest BCUT2D eigenvalue weighted by Crippen LogP contribution is -2.55. The van der Waals surface area contributed by atoms with Gasteiger partial charge in [-0.2, -0.15) is 0 Å². The van der Waals surface area contributed by atoms with E-state index in [9.17, 15) is 9.90 Å². The van der Waals surface area contributed by atoms with Crippen LogP contribution in [0, 0.1) is 29.6 Å². The Hall–Kier alpha value is -0.730. The molecule has 2 rings (SSSR count). The lowest BCUT2D eigenvalue weighted by atomic mass is 9.82. The van der Waals surface area contributed by atoms with Crippen LogP contribution in [0.1, 0.15) is 87.5 Å². The third kappa shape index (κ3) is 8.93. The van der Waals surface area contributed by atoms with Crippen LogP contribution in [0.2, 0.25) is 0 Å². The van der Waals surface area contributed by atoms with Crippen molar-refractivity contribution in [1.29, 1.82) is 0 Å². The Labute approximate surface area is 221 Å². The summed E-state index contributed by atoms with van der Waals surface area (Å²) in [5, 5.41) is 14.8. The minimum Gasteiger partial charge on any atom is -0.462 e. The summed E-state index contributed by atoms with van der Waals surface area (Å²) in [5.41, 5.74) is 0. The molecule has 0 unspecified atom stereocenters. The second-order valence-electron chi connectivity index (χ2n) is 12.5. The molecule has 0 saturated carbocycles. The molecule has 0 aromatic carbocycles. The van der Waals surface area contributed by atoms with Gasteiger partial charge in [0.15, 0.2) is 6.29 Å². The first-order valence-corrected chi connectivity index (χ1v) is 14.4. The molecule has 36 heavy (non-hydrogen) atoms. The minimum atomic E-state index is -0.721. The van der Waals surface area contributed by atoms with Gasteiger partial charge in [0.05, 0.1) is 18.1 Å². The van der Waals surface area contributed by atoms with Crippen LogP contribution in [0.5, 0.6) is 0 Å². The number of ether oxygens (including phenoxy) is 3. The molecular formula is C29H56N2O5. The van der Waals surface area contributed by atoms with Gasteiger partial charge in [0.2, 0.25) is 0 Å². The first kappa shape index (κ1) is 31.5. The van der Waals surface area contributed by atoms with Gasteiger partial charge in [-0.25, -0.2) is 0 Å². The van der Waals surface area contributed by atoms with Crippen LogP contribution in [-0.4, -0.2) is 79.4 Å². The molecule has 0 radical (unpaired) electrons. The normalized spacial score (nSPS) is 44.5. The lowest BCUT2D eigenvalue weighted by molar-refractivity contribution is -0.279. The zero-order valence-electron chi connectivity index (χ0n) is 24.7. The monoisotopic (exact) mass is 512 g/mol. The fourth-order valence-electron chi connectivity index (χ4n) is 6.34. The summed E-state index contributed by atoms with van der Waals surface area (Å²) in [6.45, 7) is 18.2. The summed E-state index contributed by atoms with van der Waals surface area (Å²) in [6, 6.07) is 0.340. The molecule has 2 fully saturated rings. The van der Waals surface area contributed by atoms with E-state index in [1.165, 1.54) is 0 Å². The number of hydrogen-bond acceptors (Lipinski definition) is 7. The molecule has 2 aliphatic heterocycles. The van der Waals surface area contributed by atoms with Crippen molar-refractivity contribution in [3.05, 3.63) is 0 Å². The highest BCUT2D eigenvalue weighted by Gasteiger charge is 2.41. The summed E-state index contributed by atoms with van der Waals surface area (Å²) in [4.78, 5) is 15.1. The molecule has 0 aromatic heterocycles. The molecule has 212 valence electrons. The van der Waals surface area contributed by atoms with E-state index in [0.717, 1.165) is 32.2 Å². The van der Waals surface area contributed by atoms with Gasteiger partial charge in [-0.15, -0.1) is 0 Å². The van der Waals surface area contributed by atoms with E-state index < -0.39 is 12.4 Å². The first-order chi connectivity index (χ1) is 16.8. The van der Waals surface area contributed by atoms with E-state index in [0.29, 0.717) is 24.3 Å². The van der Waals surface area contributed by atoms with Gasteiger partial charge in [0.25, 0.3) is 0 Å². The minimum absolute atomic E-state index is 0.00477. The summed E-state index contributed by atoms with van der Waals surface area (Å²) >= 11 is 0. The number of carbonyl (C=O) groups excluding carboxylic acids is 1. The molecule has 7 nitrogen and oxygen atoms in total. The van der Waals surface area contributed by atoms with Crippen LogP contribution in [0.3, 0.4) is 0 Å². The fourth-order valence-corrected chi connectivity index (χ4v) is 6.34. The van der Waals surface area contributed by atoms with Crippen molar-refractivity contribution in [3.8, 4) is 0 Å². The third-order valence-electron chi connectivity index (χ3n) is 8.44. The molecule has 2 N–H and O–H groups in total. The first-order valence-electron chi connectivity index (χ1n) is 14.4. The highest BCUT2D eigenvalue weighted by Crippen LogP contribution is 2.33. The number of cyclic esters (lactones) is 1. The summed E-state index contributed by atoms with van der Waals surface area (Å²) in [7, 11) is 3.98. The summed E-state index contributed by atoms with van der Waals surface area (Å²) in [6.07, 6.45) is 2.64. The second kappa shape index (κ2) is 14.4. The van der Waals surface area contributed by atoms with Gasteiger partial charge in [0, 0.05) is 12.1 Å². The van der Waals surface area contributed by atoms with Crippen molar-refractivity contribution < 1.29 is 24.1 Å². The van der Waals surface area contributed by atoms with Crippen LogP contribution in [0.15, 0.2) is 0 Å². The van der Waals surface area contributed by atoms with Crippen molar-refractivity contribution in [2.24, 2.45) is 29.6 Å². The van der Waals surface area contributed by atoms with E-state index >= 15 is 0 Å². The second-order valence-corrected chi connectivity index (χ2v) is 12.5. The van der Waals surface area contributed by atoms with Crippen molar-refractivity contribution in [2.45, 2.75) is 130 Å². The number of rotatable bonds is 4. The molecule has 0 aliphatic carbocycles. The van der Waals surface area contributed by atoms with E-state index in [4.69, 9.17) is 14.2 Å². The lowest BCUT2D eigenvalue weighted by Gasteiger charge is -2.44. The Balaban J connectivity index is 2.26. The number of likely N-dealkylation sites (N-methyl/N-ethyl adjacent to an activating group) is 1. The van der Waals surface area contributed by atoms with E-state index in [2.05, 4.69) is 51.8 Å². The van der Waals surface area contributed by atoms with Crippen LogP contribution in [0.4, 0.5) is 0 Å². The Kier molecular flexibility index (Phi) is 12.6. The number of nitrogens with one attached hydrogen (secondary N) is 1. The number of nitrogens with zero attached hydrogens (tertiary/aromatic N) is 1. The Morgan fingerprint density at radius 2 is 1.61 bits per heavy atom. The number of hydrogen-bond donors (Lipinski definition) is 2. The van der Waals surface area contributed by atoms with E-state index in [1.807, 2.05) is 27.9 Å². The topological polar surface area (TPSA) is 80.3 Å². The molecular weight excluding hydrogens is 456 g/mol.